The van der Waals surface area contributed by atoms with Crippen molar-refractivity contribution in [2.75, 3.05) is 0 Å². The lowest BCUT2D eigenvalue weighted by Gasteiger charge is -2.13. The molecule has 0 N–H and O–H groups in total. The van der Waals surface area contributed by atoms with Gasteiger partial charge in [-0.05, 0) is 121 Å². The molecular formula is C132H78N8O3S. The monoisotopic (exact) mass is 1850 g/mol. The Hall–Kier alpha value is -19.1. The average Bonchev–Trinajstić information content (AvgIpc) is 1.52. The third-order valence-corrected chi connectivity index (χ3v) is 29.2. The van der Waals surface area contributed by atoms with E-state index in [0.717, 1.165) is 231 Å². The molecule has 11 nitrogen and oxygen atoms in total. The molecule has 0 atom stereocenters. The van der Waals surface area contributed by atoms with E-state index >= 15 is 0 Å². The molecular weight excluding hydrogens is 1780 g/mol. The van der Waals surface area contributed by atoms with Crippen molar-refractivity contribution in [3.8, 4) is 90.6 Å². The lowest BCUT2D eigenvalue weighted by atomic mass is 9.97. The molecule has 8 heterocycles. The van der Waals surface area contributed by atoms with E-state index in [9.17, 15) is 0 Å². The van der Waals surface area contributed by atoms with Crippen molar-refractivity contribution < 1.29 is 13.3 Å². The van der Waals surface area contributed by atoms with Crippen molar-refractivity contribution in [3.05, 3.63) is 473 Å². The van der Waals surface area contributed by atoms with Crippen LogP contribution >= 0.6 is 11.3 Å². The Labute approximate surface area is 827 Å². The second kappa shape index (κ2) is 34.5. The molecule has 8 aromatic heterocycles. The summed E-state index contributed by atoms with van der Waals surface area (Å²) >= 11 is 1.84. The standard InChI is InChI=1S/2C34H20N2O.C34H20N2S.C30H18N2O/c1-2-10-23(11-3-1)32-27-19-17-21-9-4-5-13-24(21)33(27)36-34(35-32)26-15-8-12-22-18-20-29-31(30(22)26)25-14-6-7-16-28(25)37-29;2*1-2-10-23(11-3-1)33-31-24-13-5-4-9-21(24)17-19-27(31)35-34(36-33)26-15-8-12-22-18-20-29-32(30(22)26)25-14-6-7-16-28(25)37-29;1-2-9-20(10-3-1)29-21-12-4-6-15-24(21)31-30(32-29)23-14-8-11-19-17-18-26-28(27(19)23)22-13-5-7-16-25(22)33-26/h3*1-20H;1-18H. The molecule has 0 aliphatic carbocycles. The summed E-state index contributed by atoms with van der Waals surface area (Å²) in [5.74, 6) is 2.90. The highest BCUT2D eigenvalue weighted by atomic mass is 32.1. The van der Waals surface area contributed by atoms with Gasteiger partial charge in [-0.2, -0.15) is 0 Å². The zero-order chi connectivity index (χ0) is 94.8. The van der Waals surface area contributed by atoms with E-state index in [1.165, 1.54) is 52.5 Å². The van der Waals surface area contributed by atoms with E-state index in [2.05, 4.69) is 394 Å². The number of para-hydroxylation sites is 4. The van der Waals surface area contributed by atoms with Crippen LogP contribution in [-0.4, -0.2) is 39.9 Å². The number of hydrogen-bond donors (Lipinski definition) is 0. The van der Waals surface area contributed by atoms with E-state index in [4.69, 9.17) is 53.1 Å². The maximum absolute atomic E-state index is 6.23. The molecule has 12 heteroatoms. The van der Waals surface area contributed by atoms with E-state index in [1.54, 1.807) is 0 Å². The number of hydrogen-bond acceptors (Lipinski definition) is 12. The van der Waals surface area contributed by atoms with Crippen LogP contribution < -0.4 is 0 Å². The molecule has 0 spiro atoms. The number of benzene rings is 23. The predicted molar refractivity (Wildman–Crippen MR) is 599 cm³/mol. The summed E-state index contributed by atoms with van der Waals surface area (Å²) in [5.41, 5.74) is 21.3. The van der Waals surface area contributed by atoms with E-state index in [-0.39, 0.29) is 0 Å². The van der Waals surface area contributed by atoms with Gasteiger partial charge in [0.05, 0.1) is 44.8 Å². The van der Waals surface area contributed by atoms with Crippen LogP contribution in [0.1, 0.15) is 0 Å². The third-order valence-electron chi connectivity index (χ3n) is 28.1. The summed E-state index contributed by atoms with van der Waals surface area (Å²) in [5, 5.41) is 29.7. The largest absolute Gasteiger partial charge is 0.456 e. The number of nitrogens with zero attached hydrogens (tertiary/aromatic N) is 8. The topological polar surface area (TPSA) is 143 Å². The molecule has 144 heavy (non-hydrogen) atoms. The minimum Gasteiger partial charge on any atom is -0.456 e. The number of thiophene rings is 1. The smallest absolute Gasteiger partial charge is 0.161 e. The number of rotatable bonds is 8. The quantitative estimate of drug-likeness (QED) is 0.134. The van der Waals surface area contributed by atoms with Gasteiger partial charge >= 0.3 is 0 Å². The van der Waals surface area contributed by atoms with Crippen LogP contribution in [0.15, 0.2) is 486 Å². The molecule has 0 aliphatic heterocycles. The van der Waals surface area contributed by atoms with Gasteiger partial charge in [0.15, 0.2) is 23.3 Å². The van der Waals surface area contributed by atoms with Crippen LogP contribution in [-0.2, 0) is 0 Å². The van der Waals surface area contributed by atoms with Crippen molar-refractivity contribution >= 4 is 216 Å². The predicted octanol–water partition coefficient (Wildman–Crippen LogP) is 36.0. The van der Waals surface area contributed by atoms with Crippen LogP contribution in [0.4, 0.5) is 0 Å². The highest BCUT2D eigenvalue weighted by Crippen LogP contribution is 2.49. The van der Waals surface area contributed by atoms with Gasteiger partial charge in [0.1, 0.15) is 33.5 Å². The fourth-order valence-electron chi connectivity index (χ4n) is 21.6. The van der Waals surface area contributed by atoms with Gasteiger partial charge in [-0.1, -0.05) is 400 Å². The maximum atomic E-state index is 6.23. The lowest BCUT2D eigenvalue weighted by Crippen LogP contribution is -1.97. The van der Waals surface area contributed by atoms with Crippen LogP contribution in [0.5, 0.6) is 0 Å². The number of furan rings is 3. The van der Waals surface area contributed by atoms with Crippen molar-refractivity contribution in [1.29, 1.82) is 0 Å². The summed E-state index contributed by atoms with van der Waals surface area (Å²) in [6.45, 7) is 0. The molecule has 0 saturated carbocycles. The average molecular weight is 1860 g/mol. The fraction of sp³-hybridized carbons (Fsp3) is 0. The first kappa shape index (κ1) is 83.1. The summed E-state index contributed by atoms with van der Waals surface area (Å²) in [4.78, 5) is 41.5. The van der Waals surface area contributed by atoms with Gasteiger partial charge in [0.25, 0.3) is 0 Å². The van der Waals surface area contributed by atoms with Crippen molar-refractivity contribution in [1.82, 2.24) is 39.9 Å². The summed E-state index contributed by atoms with van der Waals surface area (Å²) < 4.78 is 21.2. The summed E-state index contributed by atoms with van der Waals surface area (Å²) in [6.07, 6.45) is 0. The van der Waals surface area contributed by atoms with E-state index in [0.29, 0.717) is 11.6 Å². The highest BCUT2D eigenvalue weighted by Gasteiger charge is 2.26. The molecule has 23 aromatic carbocycles. The zero-order valence-electron chi connectivity index (χ0n) is 77.2. The molecule has 31 rings (SSSR count). The van der Waals surface area contributed by atoms with Gasteiger partial charge in [-0.25, -0.2) is 39.9 Å². The molecule has 670 valence electrons. The Morgan fingerprint density at radius 1 is 0.146 bits per heavy atom. The minimum atomic E-state index is 0.713. The first-order valence-corrected chi connectivity index (χ1v) is 49.1. The molecule has 0 unspecified atom stereocenters. The SMILES string of the molecule is c1ccc(-c2nc(-c3cccc4ccc5oc6ccccc6c5c34)nc3c2ccc2ccccc23)cc1.c1ccc(-c2nc(-c3cccc4ccc5oc6ccccc6c5c34)nc3ccc4ccccc4c23)cc1.c1ccc(-c2nc(-c3cccc4ccc5oc6ccccc6c5c34)nc3ccccc23)cc1.c1ccc(-c2nc(-c3cccc4ccc5sc6ccccc6c5c34)nc3ccc4ccccc4c23)cc1. The Kier molecular flexibility index (Phi) is 19.9. The summed E-state index contributed by atoms with van der Waals surface area (Å²) in [7, 11) is 0. The normalized spacial score (nSPS) is 11.8. The Morgan fingerprint density at radius 2 is 0.451 bits per heavy atom. The van der Waals surface area contributed by atoms with E-state index < -0.39 is 0 Å². The maximum Gasteiger partial charge on any atom is 0.161 e. The van der Waals surface area contributed by atoms with Gasteiger partial charge < -0.3 is 13.3 Å². The molecule has 0 fully saturated rings. The Bertz CT molecular complexity index is 10300. The number of fused-ring (bicyclic) bond motifs is 30. The third kappa shape index (κ3) is 14.1. The van der Waals surface area contributed by atoms with Crippen LogP contribution in [0.2, 0.25) is 0 Å². The molecule has 0 saturated heterocycles. The molecule has 0 aliphatic rings. The molecule has 0 radical (unpaired) electrons. The Balaban J connectivity index is 0.0000000935. The van der Waals surface area contributed by atoms with Crippen LogP contribution in [0.3, 0.4) is 0 Å². The van der Waals surface area contributed by atoms with Gasteiger partial charge in [-0.3, -0.25) is 0 Å². The van der Waals surface area contributed by atoms with Crippen LogP contribution in [0.25, 0.3) is 296 Å². The van der Waals surface area contributed by atoms with E-state index in [1.807, 2.05) is 90.2 Å². The second-order valence-corrected chi connectivity index (χ2v) is 37.5. The second-order valence-electron chi connectivity index (χ2n) is 36.4. The first-order chi connectivity index (χ1) is 71.4. The van der Waals surface area contributed by atoms with Crippen molar-refractivity contribution in [2.45, 2.75) is 0 Å². The minimum absolute atomic E-state index is 0.713. The summed E-state index contributed by atoms with van der Waals surface area (Å²) in [6, 6.07) is 164. The highest BCUT2D eigenvalue weighted by molar-refractivity contribution is 7.26. The van der Waals surface area contributed by atoms with Gasteiger partial charge in [0, 0.05) is 145 Å². The Morgan fingerprint density at radius 3 is 0.896 bits per heavy atom. The van der Waals surface area contributed by atoms with Crippen LogP contribution in [0, 0.1) is 0 Å². The number of aromatic nitrogens is 8. The van der Waals surface area contributed by atoms with Gasteiger partial charge in [0.2, 0.25) is 0 Å². The first-order valence-electron chi connectivity index (χ1n) is 48.3. The van der Waals surface area contributed by atoms with Gasteiger partial charge in [-0.15, -0.1) is 11.3 Å². The van der Waals surface area contributed by atoms with Crippen molar-refractivity contribution in [2.24, 2.45) is 0 Å². The lowest BCUT2D eigenvalue weighted by molar-refractivity contribution is 0.669. The fourth-order valence-corrected chi connectivity index (χ4v) is 22.7. The molecule has 0 bridgehead atoms. The molecule has 0 amide bonds. The molecule has 31 aromatic rings. The van der Waals surface area contributed by atoms with Crippen molar-refractivity contribution in [3.63, 3.8) is 0 Å². The zero-order valence-corrected chi connectivity index (χ0v) is 78.1.